The van der Waals surface area contributed by atoms with E-state index in [4.69, 9.17) is 23.9 Å². The van der Waals surface area contributed by atoms with Crippen LogP contribution in [0.2, 0.25) is 0 Å². The van der Waals surface area contributed by atoms with Gasteiger partial charge in [-0.25, -0.2) is 4.99 Å². The molecule has 0 heterocycles. The Kier molecular flexibility index (Phi) is 12.7. The maximum atomic E-state index is 5.43. The Bertz CT molecular complexity index is 819. The number of hydrogen-bond acceptors (Lipinski definition) is 5. The van der Waals surface area contributed by atoms with Crippen LogP contribution in [0.15, 0.2) is 41.4 Å². The lowest BCUT2D eigenvalue weighted by molar-refractivity contribution is 0.324. The molecule has 2 rings (SSSR count). The topological polar surface area (TPSA) is 73.3 Å². The number of nitrogens with one attached hydrogen (secondary N) is 2. The molecule has 178 valence electrons. The largest absolute Gasteiger partial charge is 0.497 e. The first kappa shape index (κ1) is 27.7. The molecule has 0 aliphatic carbocycles. The maximum absolute atomic E-state index is 5.43. The Morgan fingerprint density at radius 2 is 1.53 bits per heavy atom. The zero-order valence-electron chi connectivity index (χ0n) is 19.9. The lowest BCUT2D eigenvalue weighted by atomic mass is 9.98. The number of ether oxygens (including phenoxy) is 4. The summed E-state index contributed by atoms with van der Waals surface area (Å²) in [4.78, 5) is 4.71. The van der Waals surface area contributed by atoms with Crippen LogP contribution in [0.25, 0.3) is 0 Å². The van der Waals surface area contributed by atoms with Gasteiger partial charge in [0.05, 0.1) is 35.0 Å². The average molecular weight is 557 g/mol. The van der Waals surface area contributed by atoms with Crippen LogP contribution in [-0.4, -0.2) is 47.5 Å². The second kappa shape index (κ2) is 14.7. The normalized spacial score (nSPS) is 11.8. The van der Waals surface area contributed by atoms with Gasteiger partial charge in [-0.05, 0) is 54.7 Å². The molecule has 0 spiro atoms. The summed E-state index contributed by atoms with van der Waals surface area (Å²) in [5.74, 6) is 3.91. The van der Waals surface area contributed by atoms with E-state index in [1.807, 2.05) is 24.3 Å². The molecular weight excluding hydrogens is 521 g/mol. The van der Waals surface area contributed by atoms with Gasteiger partial charge < -0.3 is 29.6 Å². The van der Waals surface area contributed by atoms with Crippen LogP contribution >= 0.6 is 24.0 Å². The first-order chi connectivity index (χ1) is 15.1. The predicted octanol–water partition coefficient (Wildman–Crippen LogP) is 4.59. The number of aliphatic imine (C=N–C) groups is 1. The zero-order chi connectivity index (χ0) is 22.6. The Morgan fingerprint density at radius 3 is 2.03 bits per heavy atom. The minimum Gasteiger partial charge on any atom is -0.497 e. The number of hydrogen-bond donors (Lipinski definition) is 2. The number of halogens is 1. The van der Waals surface area contributed by atoms with E-state index >= 15 is 0 Å². The fraction of sp³-hybridized carbons (Fsp3) is 0.458. The van der Waals surface area contributed by atoms with Gasteiger partial charge in [0.1, 0.15) is 5.75 Å². The first-order valence-electron chi connectivity index (χ1n) is 10.5. The van der Waals surface area contributed by atoms with Crippen LogP contribution in [0, 0.1) is 0 Å². The first-order valence-corrected chi connectivity index (χ1v) is 10.5. The highest BCUT2D eigenvalue weighted by Crippen LogP contribution is 2.38. The van der Waals surface area contributed by atoms with Crippen LogP contribution < -0.4 is 29.6 Å². The molecule has 0 aromatic heterocycles. The molecule has 1 unspecified atom stereocenters. The third kappa shape index (κ3) is 7.96. The van der Waals surface area contributed by atoms with Crippen molar-refractivity contribution in [1.29, 1.82) is 0 Å². The summed E-state index contributed by atoms with van der Waals surface area (Å²) in [6.45, 7) is 6.36. The molecule has 32 heavy (non-hydrogen) atoms. The molecule has 2 N–H and O–H groups in total. The van der Waals surface area contributed by atoms with E-state index in [1.165, 1.54) is 5.56 Å². The van der Waals surface area contributed by atoms with Crippen molar-refractivity contribution in [2.24, 2.45) is 4.99 Å². The van der Waals surface area contributed by atoms with E-state index < -0.39 is 0 Å². The molecule has 1 atom stereocenters. The van der Waals surface area contributed by atoms with E-state index in [9.17, 15) is 0 Å². The van der Waals surface area contributed by atoms with Crippen molar-refractivity contribution >= 4 is 29.9 Å². The summed E-state index contributed by atoms with van der Waals surface area (Å²) in [6, 6.07) is 12.1. The minimum absolute atomic E-state index is 0. The number of methoxy groups -OCH3 is 4. The molecule has 0 aliphatic rings. The third-order valence-electron chi connectivity index (χ3n) is 5.04. The molecule has 0 saturated carbocycles. The molecular formula is C24H36IN3O4. The highest BCUT2D eigenvalue weighted by molar-refractivity contribution is 14.0. The van der Waals surface area contributed by atoms with Crippen LogP contribution in [0.1, 0.15) is 37.3 Å². The van der Waals surface area contributed by atoms with Crippen molar-refractivity contribution in [3.8, 4) is 23.0 Å². The Morgan fingerprint density at radius 1 is 0.906 bits per heavy atom. The monoisotopic (exact) mass is 557 g/mol. The van der Waals surface area contributed by atoms with Gasteiger partial charge in [-0.15, -0.1) is 24.0 Å². The van der Waals surface area contributed by atoms with Gasteiger partial charge in [0.25, 0.3) is 0 Å². The molecule has 0 amide bonds. The summed E-state index contributed by atoms with van der Waals surface area (Å²) in [5, 5.41) is 6.72. The standard InChI is InChI=1S/C24H35N3O4.HI/c1-7-25-24(26-13-12-17(2)19-8-10-20(28-3)11-9-19)27-16-18-14-21(29-4)23(31-6)22(15-18)30-5;/h8-11,14-15,17H,7,12-13,16H2,1-6H3,(H2,25,26,27);1H. The van der Waals surface area contributed by atoms with Gasteiger partial charge in [-0.1, -0.05) is 19.1 Å². The van der Waals surface area contributed by atoms with E-state index in [0.29, 0.717) is 29.7 Å². The van der Waals surface area contributed by atoms with E-state index in [-0.39, 0.29) is 24.0 Å². The molecule has 2 aromatic rings. The summed E-state index contributed by atoms with van der Waals surface area (Å²) in [5.41, 5.74) is 2.26. The molecule has 7 nitrogen and oxygen atoms in total. The van der Waals surface area contributed by atoms with Gasteiger partial charge in [-0.3, -0.25) is 0 Å². The summed E-state index contributed by atoms with van der Waals surface area (Å²) in [7, 11) is 6.50. The number of guanidine groups is 1. The lowest BCUT2D eigenvalue weighted by Crippen LogP contribution is -2.38. The quantitative estimate of drug-likeness (QED) is 0.239. The van der Waals surface area contributed by atoms with Crippen molar-refractivity contribution in [3.05, 3.63) is 47.5 Å². The SMILES string of the molecule is CCNC(=NCc1cc(OC)c(OC)c(OC)c1)NCCC(C)c1ccc(OC)cc1.I. The fourth-order valence-corrected chi connectivity index (χ4v) is 3.24. The Labute approximate surface area is 208 Å². The minimum atomic E-state index is 0. The second-order valence-corrected chi connectivity index (χ2v) is 7.12. The molecule has 0 aliphatic heterocycles. The molecule has 0 fully saturated rings. The Hall–Kier alpha value is -2.36. The zero-order valence-corrected chi connectivity index (χ0v) is 22.2. The van der Waals surface area contributed by atoms with Crippen LogP contribution in [-0.2, 0) is 6.54 Å². The van der Waals surface area contributed by atoms with Crippen LogP contribution in [0.4, 0.5) is 0 Å². The van der Waals surface area contributed by atoms with Crippen molar-refractivity contribution in [1.82, 2.24) is 10.6 Å². The smallest absolute Gasteiger partial charge is 0.203 e. The predicted molar refractivity (Wildman–Crippen MR) is 140 cm³/mol. The van der Waals surface area contributed by atoms with Gasteiger partial charge in [0.2, 0.25) is 5.75 Å². The molecule has 0 saturated heterocycles. The summed E-state index contributed by atoms with van der Waals surface area (Å²) in [6.07, 6.45) is 0.987. The molecule has 0 bridgehead atoms. The number of benzene rings is 2. The van der Waals surface area contributed by atoms with Crippen molar-refractivity contribution in [2.45, 2.75) is 32.7 Å². The highest BCUT2D eigenvalue weighted by Gasteiger charge is 2.13. The maximum Gasteiger partial charge on any atom is 0.203 e. The molecule has 0 radical (unpaired) electrons. The van der Waals surface area contributed by atoms with Gasteiger partial charge in [0.15, 0.2) is 17.5 Å². The summed E-state index contributed by atoms with van der Waals surface area (Å²) < 4.78 is 21.5. The van der Waals surface area contributed by atoms with Crippen molar-refractivity contribution < 1.29 is 18.9 Å². The second-order valence-electron chi connectivity index (χ2n) is 7.12. The fourth-order valence-electron chi connectivity index (χ4n) is 3.24. The van der Waals surface area contributed by atoms with Crippen LogP contribution in [0.5, 0.6) is 23.0 Å². The lowest BCUT2D eigenvalue weighted by Gasteiger charge is -2.16. The van der Waals surface area contributed by atoms with E-state index in [2.05, 4.69) is 36.6 Å². The molecule has 2 aromatic carbocycles. The van der Waals surface area contributed by atoms with Gasteiger partial charge in [-0.2, -0.15) is 0 Å². The number of rotatable bonds is 11. The Balaban J connectivity index is 0.00000512. The van der Waals surface area contributed by atoms with Crippen molar-refractivity contribution in [3.63, 3.8) is 0 Å². The third-order valence-corrected chi connectivity index (χ3v) is 5.04. The van der Waals surface area contributed by atoms with Crippen LogP contribution in [0.3, 0.4) is 0 Å². The van der Waals surface area contributed by atoms with E-state index in [0.717, 1.165) is 36.8 Å². The highest BCUT2D eigenvalue weighted by atomic mass is 127. The summed E-state index contributed by atoms with van der Waals surface area (Å²) >= 11 is 0. The van der Waals surface area contributed by atoms with E-state index in [1.54, 1.807) is 28.4 Å². The molecule has 8 heteroatoms. The number of nitrogens with zero attached hydrogens (tertiary/aromatic N) is 1. The average Bonchev–Trinajstić information content (AvgIpc) is 2.81. The van der Waals surface area contributed by atoms with Gasteiger partial charge >= 0.3 is 0 Å². The van der Waals surface area contributed by atoms with Gasteiger partial charge in [0, 0.05) is 13.1 Å². The van der Waals surface area contributed by atoms with Crippen molar-refractivity contribution in [2.75, 3.05) is 41.5 Å².